The lowest BCUT2D eigenvalue weighted by molar-refractivity contribution is -0.126. The van der Waals surface area contributed by atoms with Gasteiger partial charge in [-0.05, 0) is 42.9 Å². The van der Waals surface area contributed by atoms with Gasteiger partial charge in [-0.1, -0.05) is 26.0 Å². The molecule has 1 fully saturated rings. The summed E-state index contributed by atoms with van der Waals surface area (Å²) in [5.74, 6) is -1.04. The van der Waals surface area contributed by atoms with E-state index in [2.05, 4.69) is 16.0 Å². The van der Waals surface area contributed by atoms with E-state index in [1.54, 1.807) is 0 Å². The van der Waals surface area contributed by atoms with E-state index in [-0.39, 0.29) is 36.8 Å². The molecule has 3 amide bonds. The van der Waals surface area contributed by atoms with Crippen LogP contribution in [0.4, 0.5) is 9.18 Å². The molecule has 9 heteroatoms. The quantitative estimate of drug-likeness (QED) is 0.455. The lowest BCUT2D eigenvalue weighted by atomic mass is 9.97. The van der Waals surface area contributed by atoms with E-state index in [1.165, 1.54) is 24.3 Å². The summed E-state index contributed by atoms with van der Waals surface area (Å²) in [6, 6.07) is 4.11. The number of benzene rings is 1. The van der Waals surface area contributed by atoms with E-state index >= 15 is 0 Å². The molecule has 1 saturated heterocycles. The molecule has 1 aromatic rings. The predicted octanol–water partition coefficient (Wildman–Crippen LogP) is 1.47. The Morgan fingerprint density at radius 2 is 1.97 bits per heavy atom. The van der Waals surface area contributed by atoms with E-state index in [0.29, 0.717) is 31.4 Å². The first kappa shape index (κ1) is 23.6. The number of rotatable bonds is 10. The number of alkyl carbamates (subject to hydrolysis) is 1. The Hall–Kier alpha value is -2.68. The summed E-state index contributed by atoms with van der Waals surface area (Å²) in [5.41, 5.74) is 0.617. The van der Waals surface area contributed by atoms with Gasteiger partial charge in [-0.2, -0.15) is 0 Å². The van der Waals surface area contributed by atoms with Crippen LogP contribution in [0.1, 0.15) is 38.7 Å². The molecular weight excluding hydrogens is 393 g/mol. The van der Waals surface area contributed by atoms with Gasteiger partial charge in [0, 0.05) is 12.5 Å². The minimum atomic E-state index is -0.850. The Bertz CT molecular complexity index is 726. The van der Waals surface area contributed by atoms with E-state index in [0.717, 1.165) is 0 Å². The first-order chi connectivity index (χ1) is 14.3. The number of hydrogen-bond donors (Lipinski definition) is 4. The third kappa shape index (κ3) is 7.62. The average molecular weight is 423 g/mol. The standard InChI is InChI=1S/C21H30FN3O5/c1-13(2)9-18(25-21(29)30-12-14-3-5-16(22)6-4-14)20(28)24-17(11-26)10-15-7-8-23-19(15)27/h3-6,13,15,17-18,26H,7-12H2,1-2H3,(H,23,27)(H,24,28)(H,25,29)/t15?,17-,18-/m0/s1. The number of hydrogen-bond acceptors (Lipinski definition) is 5. The van der Waals surface area contributed by atoms with Gasteiger partial charge >= 0.3 is 6.09 Å². The van der Waals surface area contributed by atoms with Gasteiger partial charge in [-0.25, -0.2) is 9.18 Å². The van der Waals surface area contributed by atoms with E-state index in [9.17, 15) is 23.9 Å². The van der Waals surface area contributed by atoms with Crippen LogP contribution in [0.2, 0.25) is 0 Å². The second-order valence-corrected chi connectivity index (χ2v) is 7.93. The van der Waals surface area contributed by atoms with Gasteiger partial charge in [0.15, 0.2) is 0 Å². The minimum Gasteiger partial charge on any atom is -0.445 e. The molecule has 1 aromatic carbocycles. The Labute approximate surface area is 175 Å². The van der Waals surface area contributed by atoms with Crippen molar-refractivity contribution in [2.45, 2.75) is 51.8 Å². The van der Waals surface area contributed by atoms with Gasteiger partial charge in [0.25, 0.3) is 0 Å². The fourth-order valence-electron chi connectivity index (χ4n) is 3.31. The van der Waals surface area contributed by atoms with Gasteiger partial charge in [0.05, 0.1) is 12.6 Å². The summed E-state index contributed by atoms with van der Waals surface area (Å²) in [5, 5.41) is 17.6. The Morgan fingerprint density at radius 1 is 1.27 bits per heavy atom. The van der Waals surface area contributed by atoms with Crippen LogP contribution in [-0.4, -0.2) is 48.2 Å². The highest BCUT2D eigenvalue weighted by atomic mass is 19.1. The third-order valence-corrected chi connectivity index (χ3v) is 4.90. The first-order valence-electron chi connectivity index (χ1n) is 10.1. The molecule has 1 aliphatic rings. The Kier molecular flexibility index (Phi) is 9.04. The monoisotopic (exact) mass is 423 g/mol. The number of ether oxygens (including phenoxy) is 1. The van der Waals surface area contributed by atoms with Crippen molar-refractivity contribution in [1.82, 2.24) is 16.0 Å². The van der Waals surface area contributed by atoms with Crippen molar-refractivity contribution in [2.24, 2.45) is 11.8 Å². The number of carbonyl (C=O) groups excluding carboxylic acids is 3. The van der Waals surface area contributed by atoms with Gasteiger partial charge in [-0.15, -0.1) is 0 Å². The van der Waals surface area contributed by atoms with Gasteiger partial charge in [-0.3, -0.25) is 9.59 Å². The molecule has 0 aromatic heterocycles. The largest absolute Gasteiger partial charge is 0.445 e. The highest BCUT2D eigenvalue weighted by Crippen LogP contribution is 2.16. The zero-order valence-electron chi connectivity index (χ0n) is 17.3. The van der Waals surface area contributed by atoms with Crippen LogP contribution in [0, 0.1) is 17.7 Å². The lowest BCUT2D eigenvalue weighted by Crippen LogP contribution is -2.51. The normalized spacial score (nSPS) is 17.9. The molecule has 4 N–H and O–H groups in total. The van der Waals surface area contributed by atoms with Crippen LogP contribution < -0.4 is 16.0 Å². The molecule has 166 valence electrons. The average Bonchev–Trinajstić information content (AvgIpc) is 3.10. The maximum Gasteiger partial charge on any atom is 0.408 e. The molecule has 0 spiro atoms. The first-order valence-corrected chi connectivity index (χ1v) is 10.1. The third-order valence-electron chi connectivity index (χ3n) is 4.90. The highest BCUT2D eigenvalue weighted by molar-refractivity contribution is 5.86. The molecule has 2 rings (SSSR count). The van der Waals surface area contributed by atoms with Crippen molar-refractivity contribution in [3.63, 3.8) is 0 Å². The van der Waals surface area contributed by atoms with Crippen LogP contribution in [0.25, 0.3) is 0 Å². The van der Waals surface area contributed by atoms with Gasteiger partial charge < -0.3 is 25.8 Å². The number of nitrogens with one attached hydrogen (secondary N) is 3. The topological polar surface area (TPSA) is 117 Å². The molecule has 0 saturated carbocycles. The number of amides is 3. The van der Waals surface area contributed by atoms with Gasteiger partial charge in [0.1, 0.15) is 18.5 Å². The Balaban J connectivity index is 1.90. The summed E-state index contributed by atoms with van der Waals surface area (Å²) in [6.07, 6.45) is 0.599. The Morgan fingerprint density at radius 3 is 2.53 bits per heavy atom. The minimum absolute atomic E-state index is 0.0574. The van der Waals surface area contributed by atoms with Crippen molar-refractivity contribution < 1.29 is 28.6 Å². The fraction of sp³-hybridized carbons (Fsp3) is 0.571. The summed E-state index contributed by atoms with van der Waals surface area (Å²) >= 11 is 0. The maximum atomic E-state index is 12.9. The van der Waals surface area contributed by atoms with Crippen molar-refractivity contribution >= 4 is 17.9 Å². The second-order valence-electron chi connectivity index (χ2n) is 7.93. The van der Waals surface area contributed by atoms with Crippen molar-refractivity contribution in [3.05, 3.63) is 35.6 Å². The van der Waals surface area contributed by atoms with Crippen molar-refractivity contribution in [3.8, 4) is 0 Å². The smallest absolute Gasteiger partial charge is 0.408 e. The summed E-state index contributed by atoms with van der Waals surface area (Å²) < 4.78 is 18.1. The second kappa shape index (κ2) is 11.5. The van der Waals surface area contributed by atoms with Crippen molar-refractivity contribution in [1.29, 1.82) is 0 Å². The molecule has 0 bridgehead atoms. The van der Waals surface area contributed by atoms with E-state index < -0.39 is 24.1 Å². The molecule has 30 heavy (non-hydrogen) atoms. The molecule has 0 aliphatic carbocycles. The van der Waals surface area contributed by atoms with Crippen LogP contribution in [-0.2, 0) is 20.9 Å². The van der Waals surface area contributed by atoms with Crippen LogP contribution >= 0.6 is 0 Å². The zero-order valence-corrected chi connectivity index (χ0v) is 17.3. The lowest BCUT2D eigenvalue weighted by Gasteiger charge is -2.24. The molecule has 1 aliphatic heterocycles. The van der Waals surface area contributed by atoms with E-state index in [1.807, 2.05) is 13.8 Å². The van der Waals surface area contributed by atoms with Gasteiger partial charge in [0.2, 0.25) is 11.8 Å². The number of halogens is 1. The molecule has 0 radical (unpaired) electrons. The molecule has 1 heterocycles. The van der Waals surface area contributed by atoms with Crippen molar-refractivity contribution in [2.75, 3.05) is 13.2 Å². The number of aliphatic hydroxyl groups is 1. The zero-order chi connectivity index (χ0) is 22.1. The summed E-state index contributed by atoms with van der Waals surface area (Å²) in [4.78, 5) is 36.6. The van der Waals surface area contributed by atoms with E-state index in [4.69, 9.17) is 4.74 Å². The molecule has 3 atom stereocenters. The highest BCUT2D eigenvalue weighted by Gasteiger charge is 2.30. The molecule has 8 nitrogen and oxygen atoms in total. The predicted molar refractivity (Wildman–Crippen MR) is 108 cm³/mol. The molecule has 1 unspecified atom stereocenters. The fourth-order valence-corrected chi connectivity index (χ4v) is 3.31. The maximum absolute atomic E-state index is 12.9. The van der Waals surface area contributed by atoms with Crippen LogP contribution in [0.3, 0.4) is 0 Å². The van der Waals surface area contributed by atoms with Crippen LogP contribution in [0.15, 0.2) is 24.3 Å². The SMILES string of the molecule is CC(C)C[C@H](NC(=O)OCc1ccc(F)cc1)C(=O)N[C@H](CO)CC1CCNC1=O. The summed E-state index contributed by atoms with van der Waals surface area (Å²) in [7, 11) is 0. The number of aliphatic hydroxyl groups excluding tert-OH is 1. The molecular formula is C21H30FN3O5. The summed E-state index contributed by atoms with van der Waals surface area (Å²) in [6.45, 7) is 4.06. The number of carbonyl (C=O) groups is 3. The van der Waals surface area contributed by atoms with Crippen LogP contribution in [0.5, 0.6) is 0 Å².